The Morgan fingerprint density at radius 1 is 1.05 bits per heavy atom. The molecule has 4 aromatic rings. The summed E-state index contributed by atoms with van der Waals surface area (Å²) in [6.45, 7) is 7.00. The van der Waals surface area contributed by atoms with Gasteiger partial charge in [0.25, 0.3) is 17.7 Å². The molecule has 23 heteroatoms. The molecule has 1 fully saturated rings. The molecule has 0 bridgehead atoms. The van der Waals surface area contributed by atoms with Crippen LogP contribution in [0, 0.1) is 11.5 Å². The van der Waals surface area contributed by atoms with Gasteiger partial charge in [-0.3, -0.25) is 29.9 Å². The Bertz CT molecular complexity index is 2500. The highest BCUT2D eigenvalue weighted by Gasteiger charge is 2.55. The van der Waals surface area contributed by atoms with Gasteiger partial charge in [0.1, 0.15) is 48.8 Å². The molecule has 4 N–H and O–H groups in total. The molecule has 0 spiro atoms. The van der Waals surface area contributed by atoms with E-state index in [1.54, 1.807) is 89.9 Å². The Morgan fingerprint density at radius 2 is 1.79 bits per heavy atom. The van der Waals surface area contributed by atoms with Crippen LogP contribution in [0.15, 0.2) is 82.6 Å². The summed E-state index contributed by atoms with van der Waals surface area (Å²) in [7, 11) is 2.83. The number of hydrogen-bond donors (Lipinski definition) is 4. The number of esters is 1. The second-order valence-corrected chi connectivity index (χ2v) is 16.3. The molecule has 63 heavy (non-hydrogen) atoms. The molecule has 1 saturated heterocycles. The number of fused-ring (bicyclic) bond motifs is 1. The SMILES string of the molecule is CCON=C(C(=O)NC1C(=O)N2C(C(=O)OCc3ccc(OC)cc3)=C(C[n+]3ccc(-c4c[nH]c(/C(=N\OC)C(=O)NC#N)c4)cc3)CSC12)c1nsc(NC(=O)OC(C)(C)C)n1. The molecule has 3 aromatic heterocycles. The van der Waals surface area contributed by atoms with E-state index in [1.165, 1.54) is 23.8 Å². The fourth-order valence-electron chi connectivity index (χ4n) is 6.10. The van der Waals surface area contributed by atoms with E-state index in [-0.39, 0.29) is 47.8 Å². The third kappa shape index (κ3) is 11.0. The van der Waals surface area contributed by atoms with Gasteiger partial charge in [0.15, 0.2) is 30.8 Å². The number of benzene rings is 1. The van der Waals surface area contributed by atoms with Gasteiger partial charge >= 0.3 is 12.1 Å². The van der Waals surface area contributed by atoms with Crippen molar-refractivity contribution in [1.29, 1.82) is 5.26 Å². The van der Waals surface area contributed by atoms with E-state index in [2.05, 4.69) is 35.3 Å². The largest absolute Gasteiger partial charge is 0.497 e. The first-order valence-electron chi connectivity index (χ1n) is 19.0. The number of anilines is 1. The van der Waals surface area contributed by atoms with E-state index in [0.717, 1.165) is 17.1 Å². The number of ether oxygens (including phenoxy) is 3. The number of H-pyrrole nitrogens is 1. The van der Waals surface area contributed by atoms with Crippen LogP contribution in [-0.2, 0) is 51.5 Å². The molecule has 6 rings (SSSR count). The number of β-lactam (4-membered cyclic amide) rings is 1. The van der Waals surface area contributed by atoms with E-state index >= 15 is 0 Å². The Balaban J connectivity index is 1.21. The van der Waals surface area contributed by atoms with E-state index in [9.17, 15) is 24.0 Å². The van der Waals surface area contributed by atoms with E-state index < -0.39 is 46.8 Å². The normalized spacial score (nSPS) is 16.2. The Hall–Kier alpha value is -7.32. The number of aromatic amines is 1. The maximum atomic E-state index is 14.0. The number of amides is 4. The van der Waals surface area contributed by atoms with Gasteiger partial charge in [-0.2, -0.15) is 14.6 Å². The molecule has 5 heterocycles. The molecule has 1 aromatic carbocycles. The molecule has 0 saturated carbocycles. The first-order chi connectivity index (χ1) is 30.2. The monoisotopic (exact) mass is 900 g/mol. The van der Waals surface area contributed by atoms with Crippen LogP contribution in [0.2, 0.25) is 0 Å². The number of methoxy groups -OCH3 is 1. The number of thioether (sulfide) groups is 1. The van der Waals surface area contributed by atoms with Crippen molar-refractivity contribution in [2.24, 2.45) is 10.3 Å². The minimum atomic E-state index is -1.07. The third-order valence-electron chi connectivity index (χ3n) is 8.91. The Labute approximate surface area is 368 Å². The van der Waals surface area contributed by atoms with Crippen LogP contribution in [0.1, 0.15) is 44.8 Å². The number of oxime groups is 2. The van der Waals surface area contributed by atoms with Crippen LogP contribution in [0.4, 0.5) is 9.93 Å². The summed E-state index contributed by atoms with van der Waals surface area (Å²) < 4.78 is 22.3. The molecule has 2 atom stereocenters. The predicted molar refractivity (Wildman–Crippen MR) is 226 cm³/mol. The molecule has 0 radical (unpaired) electrons. The number of aromatic nitrogens is 4. The molecule has 328 valence electrons. The predicted octanol–water partition coefficient (Wildman–Crippen LogP) is 2.96. The number of hydrogen-bond acceptors (Lipinski definition) is 17. The lowest BCUT2D eigenvalue weighted by atomic mass is 10.0. The standard InChI is InChI=1S/C40H41N11O10S2/c1-7-60-48-29(32-45-38(63-49-32)46-39(56)61-40(2,3)4)34(53)44-30-35(54)51-31(37(55)59-19-22-8-10-26(57-5)11-9-22)25(20-62-36(30)51)18-50-14-12-23(13-15-50)24-16-27(42-17-24)28(47-58-6)33(52)43-21-41/h8-17,30,36H,7,18-20H2,1-6H3,(H3,43,44,45,46,49,52,53,56)/p+1/b47-28+,48-29?. The number of pyridine rings is 1. The highest BCUT2D eigenvalue weighted by molar-refractivity contribution is 8.00. The summed E-state index contributed by atoms with van der Waals surface area (Å²) >= 11 is 2.14. The zero-order valence-electron chi connectivity index (χ0n) is 34.8. The minimum Gasteiger partial charge on any atom is -0.497 e. The first-order valence-corrected chi connectivity index (χ1v) is 20.9. The van der Waals surface area contributed by atoms with Gasteiger partial charge in [-0.15, -0.1) is 11.8 Å². The smallest absolute Gasteiger partial charge is 0.414 e. The van der Waals surface area contributed by atoms with Crippen LogP contribution >= 0.6 is 23.3 Å². The van der Waals surface area contributed by atoms with Crippen molar-refractivity contribution >= 4 is 69.6 Å². The van der Waals surface area contributed by atoms with Crippen LogP contribution in [-0.4, -0.2) is 104 Å². The van der Waals surface area contributed by atoms with Crippen molar-refractivity contribution in [3.05, 3.63) is 89.4 Å². The van der Waals surface area contributed by atoms with Gasteiger partial charge in [-0.1, -0.05) is 22.4 Å². The summed E-state index contributed by atoms with van der Waals surface area (Å²) in [6.07, 6.45) is 6.06. The molecule has 0 aliphatic carbocycles. The van der Waals surface area contributed by atoms with Gasteiger partial charge in [-0.05, 0) is 57.0 Å². The lowest BCUT2D eigenvalue weighted by molar-refractivity contribution is -0.689. The lowest BCUT2D eigenvalue weighted by Gasteiger charge is -2.49. The number of nitriles is 1. The quantitative estimate of drug-likeness (QED) is 0.0240. The van der Waals surface area contributed by atoms with Crippen molar-refractivity contribution in [1.82, 2.24) is 29.9 Å². The number of nitrogens with zero attached hydrogens (tertiary/aromatic N) is 7. The molecule has 2 aliphatic heterocycles. The average Bonchev–Trinajstić information content (AvgIpc) is 3.94. The van der Waals surface area contributed by atoms with Gasteiger partial charge in [0.05, 0.1) is 12.8 Å². The molecular weight excluding hydrogens is 859 g/mol. The lowest BCUT2D eigenvalue weighted by Crippen LogP contribution is -2.71. The summed E-state index contributed by atoms with van der Waals surface area (Å²) in [5, 5.41) is 23.1. The fraction of sp³-hybridized carbons (Fsp3) is 0.325. The van der Waals surface area contributed by atoms with Crippen LogP contribution < -0.4 is 25.3 Å². The van der Waals surface area contributed by atoms with Crippen molar-refractivity contribution in [2.45, 2.75) is 57.9 Å². The third-order valence-corrected chi connectivity index (χ3v) is 10.9. The van der Waals surface area contributed by atoms with Crippen molar-refractivity contribution in [2.75, 3.05) is 31.9 Å². The zero-order chi connectivity index (χ0) is 45.3. The number of rotatable bonds is 16. The highest BCUT2D eigenvalue weighted by Crippen LogP contribution is 2.41. The summed E-state index contributed by atoms with van der Waals surface area (Å²) in [4.78, 5) is 84.8. The van der Waals surface area contributed by atoms with Crippen LogP contribution in [0.25, 0.3) is 11.1 Å². The fourth-order valence-corrected chi connectivity index (χ4v) is 8.00. The zero-order valence-corrected chi connectivity index (χ0v) is 36.4. The molecule has 21 nitrogen and oxygen atoms in total. The minimum absolute atomic E-state index is 0.0387. The molecule has 2 unspecified atom stereocenters. The maximum absolute atomic E-state index is 14.0. The van der Waals surface area contributed by atoms with E-state index in [0.29, 0.717) is 33.9 Å². The first kappa shape index (κ1) is 45.2. The van der Waals surface area contributed by atoms with Crippen LogP contribution in [0.3, 0.4) is 0 Å². The van der Waals surface area contributed by atoms with Crippen molar-refractivity contribution in [3.63, 3.8) is 0 Å². The van der Waals surface area contributed by atoms with E-state index in [1.807, 2.05) is 22.0 Å². The average molecular weight is 901 g/mol. The van der Waals surface area contributed by atoms with Crippen molar-refractivity contribution < 1.29 is 52.4 Å². The van der Waals surface area contributed by atoms with Gasteiger partial charge in [-0.25, -0.2) is 14.2 Å². The van der Waals surface area contributed by atoms with Gasteiger partial charge in [0, 0.05) is 46.8 Å². The second kappa shape index (κ2) is 20.0. The van der Waals surface area contributed by atoms with Gasteiger partial charge < -0.3 is 34.2 Å². The topological polar surface area (TPSA) is 265 Å². The number of carbonyl (C=O) groups is 5. The Kier molecular flexibility index (Phi) is 14.4. The van der Waals surface area contributed by atoms with E-state index in [4.69, 9.17) is 29.1 Å². The van der Waals surface area contributed by atoms with Gasteiger partial charge in [0.2, 0.25) is 16.7 Å². The second-order valence-electron chi connectivity index (χ2n) is 14.4. The Morgan fingerprint density at radius 3 is 2.46 bits per heavy atom. The molecule has 4 amide bonds. The molecular formula is C40H42N11O10S2+. The highest BCUT2D eigenvalue weighted by atomic mass is 32.2. The summed E-state index contributed by atoms with van der Waals surface area (Å²) in [5.41, 5.74) is 1.91. The van der Waals surface area contributed by atoms with Crippen LogP contribution in [0.5, 0.6) is 5.75 Å². The maximum Gasteiger partial charge on any atom is 0.414 e. The molecule has 2 aliphatic rings. The summed E-state index contributed by atoms with van der Waals surface area (Å²) in [6, 6.07) is 11.2. The summed E-state index contributed by atoms with van der Waals surface area (Å²) in [5.74, 6) is -2.09. The number of nitrogens with one attached hydrogen (secondary N) is 4. The number of carbonyl (C=O) groups excluding carboxylic acids is 5. The van der Waals surface area contributed by atoms with Crippen molar-refractivity contribution in [3.8, 4) is 23.1 Å².